The van der Waals surface area contributed by atoms with Crippen LogP contribution in [0.5, 0.6) is 0 Å². The number of nitrogens with two attached hydrogens (primary N) is 1. The number of amides is 2. The van der Waals surface area contributed by atoms with E-state index in [-0.39, 0.29) is 29.3 Å². The number of carbonyl (C=O) groups is 2. The van der Waals surface area contributed by atoms with Crippen molar-refractivity contribution in [3.8, 4) is 0 Å². The first-order chi connectivity index (χ1) is 9.24. The molecule has 0 radical (unpaired) electrons. The molecule has 1 aliphatic heterocycles. The molecule has 5 heteroatoms. The number of hydrogen-bond donors (Lipinski definition) is 2. The van der Waals surface area contributed by atoms with Gasteiger partial charge < -0.3 is 16.0 Å². The van der Waals surface area contributed by atoms with Gasteiger partial charge in [0, 0.05) is 38.0 Å². The molecule has 0 saturated carbocycles. The molecule has 0 spiro atoms. The van der Waals surface area contributed by atoms with Gasteiger partial charge in [-0.25, -0.2) is 0 Å². The second kappa shape index (κ2) is 7.07. The van der Waals surface area contributed by atoms with Crippen LogP contribution in [-0.2, 0) is 9.59 Å². The third-order valence-electron chi connectivity index (χ3n) is 4.04. The lowest BCUT2D eigenvalue weighted by Crippen LogP contribution is -2.48. The lowest BCUT2D eigenvalue weighted by molar-refractivity contribution is -0.133. The van der Waals surface area contributed by atoms with Crippen molar-refractivity contribution in [2.75, 3.05) is 13.1 Å². The molecule has 1 saturated heterocycles. The van der Waals surface area contributed by atoms with Gasteiger partial charge >= 0.3 is 0 Å². The highest BCUT2D eigenvalue weighted by Crippen LogP contribution is 2.21. The number of piperidine rings is 1. The topological polar surface area (TPSA) is 75.4 Å². The summed E-state index contributed by atoms with van der Waals surface area (Å²) in [7, 11) is 0. The first kappa shape index (κ1) is 17.0. The summed E-state index contributed by atoms with van der Waals surface area (Å²) in [6, 6.07) is 0.0929. The summed E-state index contributed by atoms with van der Waals surface area (Å²) in [5.41, 5.74) is 6.01. The van der Waals surface area contributed by atoms with Gasteiger partial charge in [0.05, 0.1) is 0 Å². The second-order valence-corrected chi connectivity index (χ2v) is 6.75. The maximum atomic E-state index is 12.2. The molecule has 1 atom stereocenters. The van der Waals surface area contributed by atoms with Gasteiger partial charge in [-0.05, 0) is 18.3 Å². The number of rotatable bonds is 4. The molecule has 0 bridgehead atoms. The minimum absolute atomic E-state index is 0.0525. The summed E-state index contributed by atoms with van der Waals surface area (Å²) >= 11 is 0. The zero-order valence-corrected chi connectivity index (χ0v) is 13.2. The van der Waals surface area contributed by atoms with Crippen molar-refractivity contribution in [2.24, 2.45) is 11.1 Å². The van der Waals surface area contributed by atoms with Crippen molar-refractivity contribution in [2.45, 2.75) is 65.5 Å². The number of likely N-dealkylation sites (tertiary alicyclic amines) is 1. The number of carbonyl (C=O) groups excluding carboxylic acids is 2. The van der Waals surface area contributed by atoms with Crippen LogP contribution in [0.4, 0.5) is 0 Å². The highest BCUT2D eigenvalue weighted by Gasteiger charge is 2.28. The fourth-order valence-electron chi connectivity index (χ4n) is 2.23. The third kappa shape index (κ3) is 5.12. The van der Waals surface area contributed by atoms with E-state index >= 15 is 0 Å². The van der Waals surface area contributed by atoms with Gasteiger partial charge in [0.15, 0.2) is 0 Å². The molecule has 1 heterocycles. The first-order valence-corrected chi connectivity index (χ1v) is 7.56. The van der Waals surface area contributed by atoms with Gasteiger partial charge in [-0.1, -0.05) is 27.7 Å². The molecule has 1 aliphatic rings. The van der Waals surface area contributed by atoms with Crippen LogP contribution >= 0.6 is 0 Å². The van der Waals surface area contributed by atoms with E-state index in [4.69, 9.17) is 5.73 Å². The van der Waals surface area contributed by atoms with Crippen LogP contribution in [0, 0.1) is 5.41 Å². The van der Waals surface area contributed by atoms with Crippen molar-refractivity contribution in [1.82, 2.24) is 10.2 Å². The summed E-state index contributed by atoms with van der Waals surface area (Å²) in [6.45, 7) is 9.43. The van der Waals surface area contributed by atoms with Crippen LogP contribution in [0.25, 0.3) is 0 Å². The maximum absolute atomic E-state index is 12.2. The molecule has 0 aliphatic carbocycles. The predicted molar refractivity (Wildman–Crippen MR) is 80.1 cm³/mol. The van der Waals surface area contributed by atoms with Crippen LogP contribution in [-0.4, -0.2) is 41.9 Å². The predicted octanol–water partition coefficient (Wildman–Crippen LogP) is 1.27. The lowest BCUT2D eigenvalue weighted by atomic mass is 9.85. The van der Waals surface area contributed by atoms with Crippen LogP contribution in [0.15, 0.2) is 0 Å². The van der Waals surface area contributed by atoms with E-state index in [0.717, 1.165) is 12.8 Å². The largest absolute Gasteiger partial charge is 0.353 e. The van der Waals surface area contributed by atoms with E-state index in [0.29, 0.717) is 25.9 Å². The fourth-order valence-corrected chi connectivity index (χ4v) is 2.23. The van der Waals surface area contributed by atoms with E-state index in [1.165, 1.54) is 0 Å². The smallest absolute Gasteiger partial charge is 0.224 e. The van der Waals surface area contributed by atoms with Crippen LogP contribution in [0.2, 0.25) is 0 Å². The SMILES string of the molecule is CCC(=O)NC1CCN(C(=O)CC(N)C(C)(C)C)CC1. The summed E-state index contributed by atoms with van der Waals surface area (Å²) in [6.07, 6.45) is 2.58. The standard InChI is InChI=1S/C15H29N3O2/c1-5-13(19)17-11-6-8-18(9-7-11)14(20)10-12(16)15(2,3)4/h11-12H,5-10,16H2,1-4H3,(H,17,19). The summed E-state index contributed by atoms with van der Waals surface area (Å²) < 4.78 is 0. The zero-order chi connectivity index (χ0) is 15.3. The zero-order valence-electron chi connectivity index (χ0n) is 13.2. The van der Waals surface area contributed by atoms with Crippen LogP contribution < -0.4 is 11.1 Å². The Bertz CT molecular complexity index is 342. The minimum Gasteiger partial charge on any atom is -0.353 e. The van der Waals surface area contributed by atoms with Gasteiger partial charge in [-0.15, -0.1) is 0 Å². The summed E-state index contributed by atoms with van der Waals surface area (Å²) in [5, 5.41) is 2.99. The third-order valence-corrected chi connectivity index (χ3v) is 4.04. The summed E-state index contributed by atoms with van der Waals surface area (Å²) in [4.78, 5) is 25.4. The molecule has 0 aromatic carbocycles. The minimum atomic E-state index is -0.118. The van der Waals surface area contributed by atoms with E-state index < -0.39 is 0 Å². The Labute approximate surface area is 122 Å². The van der Waals surface area contributed by atoms with Crippen LogP contribution in [0.1, 0.15) is 53.4 Å². The van der Waals surface area contributed by atoms with E-state index in [2.05, 4.69) is 26.1 Å². The van der Waals surface area contributed by atoms with Crippen molar-refractivity contribution in [3.05, 3.63) is 0 Å². The molecule has 0 aromatic heterocycles. The Morgan fingerprint density at radius 2 is 1.85 bits per heavy atom. The van der Waals surface area contributed by atoms with Crippen LogP contribution in [0.3, 0.4) is 0 Å². The molecule has 2 amide bonds. The monoisotopic (exact) mass is 283 g/mol. The van der Waals surface area contributed by atoms with E-state index in [1.54, 1.807) is 0 Å². The molecule has 5 nitrogen and oxygen atoms in total. The quantitative estimate of drug-likeness (QED) is 0.816. The summed E-state index contributed by atoms with van der Waals surface area (Å²) in [5.74, 6) is 0.220. The van der Waals surface area contributed by atoms with Gasteiger partial charge in [0.2, 0.25) is 11.8 Å². The number of nitrogens with zero attached hydrogens (tertiary/aromatic N) is 1. The molecule has 116 valence electrons. The van der Waals surface area contributed by atoms with E-state index in [9.17, 15) is 9.59 Å². The lowest BCUT2D eigenvalue weighted by Gasteiger charge is -2.34. The number of hydrogen-bond acceptors (Lipinski definition) is 3. The Kier molecular flexibility index (Phi) is 5.99. The molecule has 1 fully saturated rings. The molecule has 20 heavy (non-hydrogen) atoms. The van der Waals surface area contributed by atoms with Gasteiger partial charge in [-0.3, -0.25) is 9.59 Å². The Hall–Kier alpha value is -1.10. The molecule has 0 aromatic rings. The average Bonchev–Trinajstić information content (AvgIpc) is 2.38. The van der Waals surface area contributed by atoms with Crippen molar-refractivity contribution in [1.29, 1.82) is 0 Å². The Morgan fingerprint density at radius 1 is 1.30 bits per heavy atom. The molecule has 1 unspecified atom stereocenters. The molecule has 3 N–H and O–H groups in total. The van der Waals surface area contributed by atoms with Gasteiger partial charge in [0.25, 0.3) is 0 Å². The molecular weight excluding hydrogens is 254 g/mol. The van der Waals surface area contributed by atoms with Gasteiger partial charge in [0.1, 0.15) is 0 Å². The van der Waals surface area contributed by atoms with Crippen molar-refractivity contribution >= 4 is 11.8 Å². The fraction of sp³-hybridized carbons (Fsp3) is 0.867. The van der Waals surface area contributed by atoms with Crippen molar-refractivity contribution in [3.63, 3.8) is 0 Å². The molecule has 1 rings (SSSR count). The first-order valence-electron chi connectivity index (χ1n) is 7.56. The Balaban J connectivity index is 2.38. The highest BCUT2D eigenvalue weighted by molar-refractivity contribution is 5.77. The van der Waals surface area contributed by atoms with Gasteiger partial charge in [-0.2, -0.15) is 0 Å². The number of nitrogens with one attached hydrogen (secondary N) is 1. The second-order valence-electron chi connectivity index (χ2n) is 6.75. The van der Waals surface area contributed by atoms with E-state index in [1.807, 2.05) is 11.8 Å². The normalized spacial score (nSPS) is 18.8. The highest BCUT2D eigenvalue weighted by atomic mass is 16.2. The molecular formula is C15H29N3O2. The average molecular weight is 283 g/mol. The maximum Gasteiger partial charge on any atom is 0.224 e. The Morgan fingerprint density at radius 3 is 2.30 bits per heavy atom. The van der Waals surface area contributed by atoms with Crippen molar-refractivity contribution < 1.29 is 9.59 Å².